The summed E-state index contributed by atoms with van der Waals surface area (Å²) in [5, 5.41) is 34.4. The third-order valence-corrected chi connectivity index (χ3v) is 7.63. The molecule has 1 heterocycles. The van der Waals surface area contributed by atoms with Gasteiger partial charge in [-0.1, -0.05) is 30.3 Å². The summed E-state index contributed by atoms with van der Waals surface area (Å²) in [6, 6.07) is 9.97. The van der Waals surface area contributed by atoms with E-state index in [0.717, 1.165) is 5.56 Å². The third-order valence-electron chi connectivity index (χ3n) is 7.63. The van der Waals surface area contributed by atoms with Gasteiger partial charge in [0.15, 0.2) is 0 Å². The molecule has 48 heavy (non-hydrogen) atoms. The van der Waals surface area contributed by atoms with Gasteiger partial charge in [-0.25, -0.2) is 9.59 Å². The molecular weight excluding hydrogens is 652 g/mol. The Hall–Kier alpha value is -3.99. The van der Waals surface area contributed by atoms with E-state index in [0.29, 0.717) is 63.3 Å². The summed E-state index contributed by atoms with van der Waals surface area (Å²) >= 11 is 0. The van der Waals surface area contributed by atoms with Crippen LogP contribution in [0.3, 0.4) is 0 Å². The average molecular weight is 692 g/mol. The number of hydrogen-bond donors (Lipinski definition) is 4. The molecule has 1 aliphatic rings. The first-order chi connectivity index (χ1) is 22.5. The molecular formula is C32H39F6N3O7. The molecule has 3 rings (SSSR count). The molecule has 0 spiro atoms. The van der Waals surface area contributed by atoms with Gasteiger partial charge >= 0.3 is 24.3 Å². The molecule has 2 aromatic rings. The molecule has 0 aliphatic carbocycles. The standard InChI is InChI=1S/C28H35F6N3O3.C4H4O4/c1-35(10-7-20-17-22(27(29,30)31)19-23(18-20)28(32,33)34)26(40)25(21-5-3-2-4-6-21)37-11-8-24(9-12-37)36(13-15-38)14-16-39;5-3(6)1-2-4(7)8/h2-6,17-19,24-25,38-39H,7-16H2,1H3;1-2H,(H,5,6)(H,7,8)/b;2-1+. The fraction of sp³-hybridized carbons (Fsp3) is 0.469. The van der Waals surface area contributed by atoms with Crippen molar-refractivity contribution in [3.05, 3.63) is 82.9 Å². The Morgan fingerprint density at radius 1 is 0.833 bits per heavy atom. The van der Waals surface area contributed by atoms with Crippen LogP contribution in [0.25, 0.3) is 0 Å². The highest BCUT2D eigenvalue weighted by atomic mass is 19.4. The molecule has 16 heteroatoms. The fourth-order valence-electron chi connectivity index (χ4n) is 5.31. The zero-order valence-corrected chi connectivity index (χ0v) is 26.1. The molecule has 1 unspecified atom stereocenters. The molecule has 1 saturated heterocycles. The molecule has 0 saturated carbocycles. The number of rotatable bonds is 13. The van der Waals surface area contributed by atoms with Crippen molar-refractivity contribution in [2.45, 2.75) is 43.7 Å². The van der Waals surface area contributed by atoms with Crippen molar-refractivity contribution < 1.29 is 61.2 Å². The average Bonchev–Trinajstić information content (AvgIpc) is 3.03. The van der Waals surface area contributed by atoms with Crippen LogP contribution in [0.1, 0.15) is 41.1 Å². The minimum absolute atomic E-state index is 0.0352. The number of benzene rings is 2. The lowest BCUT2D eigenvalue weighted by molar-refractivity contribution is -0.143. The monoisotopic (exact) mass is 691 g/mol. The van der Waals surface area contributed by atoms with Crippen molar-refractivity contribution in [3.63, 3.8) is 0 Å². The van der Waals surface area contributed by atoms with Gasteiger partial charge in [-0.15, -0.1) is 0 Å². The molecule has 2 aromatic carbocycles. The highest BCUT2D eigenvalue weighted by molar-refractivity contribution is 5.89. The number of carboxylic acids is 2. The van der Waals surface area contributed by atoms with Crippen LogP contribution in [0.4, 0.5) is 26.3 Å². The number of halogens is 6. The van der Waals surface area contributed by atoms with Crippen LogP contribution < -0.4 is 0 Å². The second-order valence-corrected chi connectivity index (χ2v) is 11.0. The second-order valence-electron chi connectivity index (χ2n) is 11.0. The lowest BCUT2D eigenvalue weighted by Crippen LogP contribution is -2.50. The van der Waals surface area contributed by atoms with Gasteiger partial charge in [-0.2, -0.15) is 26.3 Å². The number of likely N-dealkylation sites (N-methyl/N-ethyl adjacent to an activating group) is 1. The van der Waals surface area contributed by atoms with E-state index in [4.69, 9.17) is 10.2 Å². The van der Waals surface area contributed by atoms with Crippen molar-refractivity contribution in [3.8, 4) is 0 Å². The first kappa shape index (κ1) is 40.2. The Balaban J connectivity index is 0.000000886. The molecule has 1 fully saturated rings. The van der Waals surface area contributed by atoms with Crippen molar-refractivity contribution in [1.82, 2.24) is 14.7 Å². The van der Waals surface area contributed by atoms with E-state index >= 15 is 0 Å². The summed E-state index contributed by atoms with van der Waals surface area (Å²) in [7, 11) is 1.49. The number of amides is 1. The van der Waals surface area contributed by atoms with Gasteiger partial charge in [0.25, 0.3) is 0 Å². The second kappa shape index (κ2) is 18.5. The number of carbonyl (C=O) groups is 3. The summed E-state index contributed by atoms with van der Waals surface area (Å²) in [5.41, 5.74) is -2.19. The number of hydrogen-bond acceptors (Lipinski definition) is 7. The number of piperidine rings is 1. The number of likely N-dealkylation sites (tertiary alicyclic amines) is 1. The van der Waals surface area contributed by atoms with E-state index in [1.54, 1.807) is 12.1 Å². The zero-order chi connectivity index (χ0) is 36.1. The quantitative estimate of drug-likeness (QED) is 0.182. The summed E-state index contributed by atoms with van der Waals surface area (Å²) in [6.07, 6.45) is -7.55. The molecule has 10 nitrogen and oxygen atoms in total. The van der Waals surface area contributed by atoms with E-state index in [1.807, 2.05) is 28.0 Å². The SMILES string of the molecule is CN(CCc1cc(C(F)(F)F)cc(C(F)(F)F)c1)C(=O)C(c1ccccc1)N1CCC(N(CCO)CCO)CC1.O=C(O)/C=C/C(=O)O. The Kier molecular flexibility index (Phi) is 15.5. The lowest BCUT2D eigenvalue weighted by atomic mass is 9.97. The topological polar surface area (TPSA) is 142 Å². The summed E-state index contributed by atoms with van der Waals surface area (Å²) in [5.74, 6) is -2.82. The highest BCUT2D eigenvalue weighted by Crippen LogP contribution is 2.36. The van der Waals surface area contributed by atoms with Crippen LogP contribution in [0.15, 0.2) is 60.7 Å². The summed E-state index contributed by atoms with van der Waals surface area (Å²) in [4.78, 5) is 38.2. The maximum atomic E-state index is 13.7. The Morgan fingerprint density at radius 2 is 1.31 bits per heavy atom. The van der Waals surface area contributed by atoms with Crippen LogP contribution in [-0.4, -0.2) is 112 Å². The number of alkyl halides is 6. The first-order valence-corrected chi connectivity index (χ1v) is 14.9. The number of aliphatic hydroxyl groups excluding tert-OH is 2. The van der Waals surface area contributed by atoms with Crippen LogP contribution >= 0.6 is 0 Å². The van der Waals surface area contributed by atoms with Crippen molar-refractivity contribution in [2.75, 3.05) is 53.0 Å². The minimum Gasteiger partial charge on any atom is -0.478 e. The van der Waals surface area contributed by atoms with Crippen LogP contribution in [0, 0.1) is 0 Å². The van der Waals surface area contributed by atoms with Gasteiger partial charge < -0.3 is 25.3 Å². The summed E-state index contributed by atoms with van der Waals surface area (Å²) in [6.45, 7) is 1.83. The molecule has 0 bridgehead atoms. The molecule has 4 N–H and O–H groups in total. The number of aliphatic hydroxyl groups is 2. The lowest BCUT2D eigenvalue weighted by Gasteiger charge is -2.41. The van der Waals surface area contributed by atoms with Crippen molar-refractivity contribution in [1.29, 1.82) is 0 Å². The van der Waals surface area contributed by atoms with Crippen LogP contribution in [0.2, 0.25) is 0 Å². The van der Waals surface area contributed by atoms with Gasteiger partial charge in [-0.3, -0.25) is 14.6 Å². The van der Waals surface area contributed by atoms with Gasteiger partial charge in [0.2, 0.25) is 5.91 Å². The van der Waals surface area contributed by atoms with Crippen molar-refractivity contribution in [2.24, 2.45) is 0 Å². The maximum Gasteiger partial charge on any atom is 0.416 e. The number of carboxylic acid groups (broad SMARTS) is 2. The van der Waals surface area contributed by atoms with E-state index in [2.05, 4.69) is 0 Å². The third kappa shape index (κ3) is 12.9. The Labute approximate surface area is 273 Å². The van der Waals surface area contributed by atoms with Gasteiger partial charge in [0.1, 0.15) is 6.04 Å². The minimum atomic E-state index is -4.94. The number of carbonyl (C=O) groups excluding carboxylic acids is 1. The predicted molar refractivity (Wildman–Crippen MR) is 162 cm³/mol. The molecule has 1 amide bonds. The largest absolute Gasteiger partial charge is 0.478 e. The Morgan fingerprint density at radius 3 is 1.73 bits per heavy atom. The van der Waals surface area contributed by atoms with E-state index in [9.17, 15) is 50.9 Å². The molecule has 0 aromatic heterocycles. The molecule has 266 valence electrons. The van der Waals surface area contributed by atoms with Crippen LogP contribution in [-0.2, 0) is 33.2 Å². The fourth-order valence-corrected chi connectivity index (χ4v) is 5.31. The Bertz CT molecular complexity index is 1310. The maximum absolute atomic E-state index is 13.7. The first-order valence-electron chi connectivity index (χ1n) is 14.9. The zero-order valence-electron chi connectivity index (χ0n) is 26.1. The molecule has 1 atom stereocenters. The van der Waals surface area contributed by atoms with E-state index in [1.165, 1.54) is 11.9 Å². The highest BCUT2D eigenvalue weighted by Gasteiger charge is 2.37. The van der Waals surface area contributed by atoms with Crippen LogP contribution in [0.5, 0.6) is 0 Å². The van der Waals surface area contributed by atoms with Gasteiger partial charge in [0.05, 0.1) is 24.3 Å². The van der Waals surface area contributed by atoms with E-state index in [-0.39, 0.29) is 49.8 Å². The van der Waals surface area contributed by atoms with E-state index < -0.39 is 41.5 Å². The normalized spacial score (nSPS) is 15.2. The smallest absolute Gasteiger partial charge is 0.416 e. The van der Waals surface area contributed by atoms with Crippen molar-refractivity contribution >= 4 is 17.8 Å². The summed E-state index contributed by atoms with van der Waals surface area (Å²) < 4.78 is 79.6. The molecule has 0 radical (unpaired) electrons. The van der Waals surface area contributed by atoms with Gasteiger partial charge in [0, 0.05) is 58.0 Å². The predicted octanol–water partition coefficient (Wildman–Crippen LogP) is 3.93. The molecule has 1 aliphatic heterocycles. The number of aliphatic carboxylic acids is 2. The number of nitrogens with zero attached hydrogens (tertiary/aromatic N) is 3. The van der Waals surface area contributed by atoms with Gasteiger partial charge in [-0.05, 0) is 48.6 Å².